The zero-order valence-corrected chi connectivity index (χ0v) is 17.6. The van der Waals surface area contributed by atoms with Crippen molar-refractivity contribution in [2.45, 2.75) is 13.0 Å². The summed E-state index contributed by atoms with van der Waals surface area (Å²) in [7, 11) is 0. The van der Waals surface area contributed by atoms with Crippen LogP contribution in [-0.2, 0) is 0 Å². The SMILES string of the molecule is Cc1nnc2n1-c1ccccc1C(c1ccc(Cl)cc1)=NN2CC(O)c1ccccc1. The highest BCUT2D eigenvalue weighted by Gasteiger charge is 2.27. The largest absolute Gasteiger partial charge is 0.386 e. The van der Waals surface area contributed by atoms with Gasteiger partial charge in [-0.3, -0.25) is 4.57 Å². The van der Waals surface area contributed by atoms with Gasteiger partial charge in [-0.15, -0.1) is 10.2 Å². The smallest absolute Gasteiger partial charge is 0.252 e. The number of hydrazone groups is 1. The summed E-state index contributed by atoms with van der Waals surface area (Å²) < 4.78 is 1.97. The fourth-order valence-corrected chi connectivity index (χ4v) is 3.90. The molecule has 0 amide bonds. The summed E-state index contributed by atoms with van der Waals surface area (Å²) in [5.41, 5.74) is 4.40. The van der Waals surface area contributed by atoms with Crippen LogP contribution in [0.3, 0.4) is 0 Å². The number of fused-ring (bicyclic) bond motifs is 3. The van der Waals surface area contributed by atoms with Gasteiger partial charge < -0.3 is 5.11 Å². The van der Waals surface area contributed by atoms with E-state index in [2.05, 4.69) is 10.2 Å². The lowest BCUT2D eigenvalue weighted by atomic mass is 10.0. The Balaban J connectivity index is 1.67. The Morgan fingerprint density at radius 3 is 2.39 bits per heavy atom. The summed E-state index contributed by atoms with van der Waals surface area (Å²) in [4.78, 5) is 0. The minimum Gasteiger partial charge on any atom is -0.386 e. The molecule has 1 aliphatic heterocycles. The molecule has 0 saturated carbocycles. The van der Waals surface area contributed by atoms with Crippen molar-refractivity contribution in [3.05, 3.63) is 106 Å². The van der Waals surface area contributed by atoms with Crippen LogP contribution in [0.1, 0.15) is 28.6 Å². The minimum absolute atomic E-state index is 0.229. The molecule has 1 N–H and O–H groups in total. The Morgan fingerprint density at radius 1 is 0.903 bits per heavy atom. The molecular formula is C24H20ClN5O. The highest BCUT2D eigenvalue weighted by atomic mass is 35.5. The maximum Gasteiger partial charge on any atom is 0.252 e. The first-order chi connectivity index (χ1) is 15.1. The van der Waals surface area contributed by atoms with Crippen LogP contribution in [-0.4, -0.2) is 32.1 Å². The van der Waals surface area contributed by atoms with Gasteiger partial charge in [0.05, 0.1) is 18.3 Å². The average Bonchev–Trinajstić information content (AvgIpc) is 3.12. The van der Waals surface area contributed by atoms with Crippen LogP contribution in [0, 0.1) is 6.92 Å². The first kappa shape index (κ1) is 19.5. The number of rotatable bonds is 4. The second kappa shape index (κ2) is 7.98. The molecule has 1 aromatic heterocycles. The molecule has 7 heteroatoms. The predicted molar refractivity (Wildman–Crippen MR) is 122 cm³/mol. The third-order valence-electron chi connectivity index (χ3n) is 5.31. The Kier molecular flexibility index (Phi) is 5.02. The van der Waals surface area contributed by atoms with Crippen molar-refractivity contribution in [3.63, 3.8) is 0 Å². The van der Waals surface area contributed by atoms with Gasteiger partial charge in [0.1, 0.15) is 11.5 Å². The molecule has 2 heterocycles. The molecule has 0 saturated heterocycles. The van der Waals surface area contributed by atoms with Gasteiger partial charge >= 0.3 is 0 Å². The molecule has 0 radical (unpaired) electrons. The summed E-state index contributed by atoms with van der Waals surface area (Å²) in [6.07, 6.45) is -0.747. The number of hydrogen-bond acceptors (Lipinski definition) is 5. The summed E-state index contributed by atoms with van der Waals surface area (Å²) in [5, 5.41) is 26.9. The third-order valence-corrected chi connectivity index (χ3v) is 5.56. The summed E-state index contributed by atoms with van der Waals surface area (Å²) >= 11 is 6.12. The number of aryl methyl sites for hydroxylation is 1. The zero-order valence-electron chi connectivity index (χ0n) is 16.9. The van der Waals surface area contributed by atoms with Gasteiger partial charge in [-0.2, -0.15) is 5.10 Å². The van der Waals surface area contributed by atoms with Crippen LogP contribution in [0.15, 0.2) is 84.0 Å². The number of aliphatic hydroxyl groups excluding tert-OH is 1. The van der Waals surface area contributed by atoms with E-state index in [4.69, 9.17) is 16.7 Å². The van der Waals surface area contributed by atoms with Crippen molar-refractivity contribution in [2.75, 3.05) is 11.6 Å². The predicted octanol–water partition coefficient (Wildman–Crippen LogP) is 4.54. The van der Waals surface area contributed by atoms with Crippen molar-refractivity contribution < 1.29 is 5.11 Å². The monoisotopic (exact) mass is 429 g/mol. The lowest BCUT2D eigenvalue weighted by Gasteiger charge is -2.21. The summed E-state index contributed by atoms with van der Waals surface area (Å²) in [5.74, 6) is 1.30. The van der Waals surface area contributed by atoms with Crippen molar-refractivity contribution in [2.24, 2.45) is 5.10 Å². The van der Waals surface area contributed by atoms with E-state index in [1.54, 1.807) is 5.01 Å². The molecule has 3 aromatic carbocycles. The topological polar surface area (TPSA) is 66.5 Å². The fraction of sp³-hybridized carbons (Fsp3) is 0.125. The normalized spacial score (nSPS) is 13.8. The maximum absolute atomic E-state index is 10.9. The minimum atomic E-state index is -0.747. The van der Waals surface area contributed by atoms with Gasteiger partial charge in [0.25, 0.3) is 5.95 Å². The number of para-hydroxylation sites is 1. The number of anilines is 1. The van der Waals surface area contributed by atoms with Gasteiger partial charge in [-0.05, 0) is 30.7 Å². The molecule has 5 rings (SSSR count). The standard InChI is InChI=1S/C24H20ClN5O/c1-16-26-27-24-29(15-22(31)17-7-3-2-4-8-17)28-23(18-11-13-19(25)14-12-18)20-9-5-6-10-21(20)30(16)24/h2-14,22,31H,15H2,1H3. The quantitative estimate of drug-likeness (QED) is 0.517. The second-order valence-electron chi connectivity index (χ2n) is 7.36. The van der Waals surface area contributed by atoms with E-state index in [1.807, 2.05) is 90.4 Å². The molecule has 6 nitrogen and oxygen atoms in total. The summed E-state index contributed by atoms with van der Waals surface area (Å²) in [6.45, 7) is 2.14. The number of aromatic nitrogens is 3. The van der Waals surface area contributed by atoms with Crippen molar-refractivity contribution in [1.29, 1.82) is 0 Å². The van der Waals surface area contributed by atoms with E-state index in [9.17, 15) is 5.11 Å². The molecule has 0 fully saturated rings. The molecule has 1 atom stereocenters. The molecule has 1 aliphatic rings. The van der Waals surface area contributed by atoms with Crippen molar-refractivity contribution >= 4 is 23.3 Å². The van der Waals surface area contributed by atoms with Crippen molar-refractivity contribution in [1.82, 2.24) is 14.8 Å². The van der Waals surface area contributed by atoms with E-state index >= 15 is 0 Å². The molecule has 0 spiro atoms. The third kappa shape index (κ3) is 3.60. The maximum atomic E-state index is 10.9. The van der Waals surface area contributed by atoms with Crippen LogP contribution >= 0.6 is 11.6 Å². The van der Waals surface area contributed by atoms with Crippen LogP contribution < -0.4 is 5.01 Å². The first-order valence-corrected chi connectivity index (χ1v) is 10.4. The lowest BCUT2D eigenvalue weighted by molar-refractivity contribution is 0.183. The van der Waals surface area contributed by atoms with E-state index in [-0.39, 0.29) is 6.54 Å². The van der Waals surface area contributed by atoms with Gasteiger partial charge in [-0.1, -0.05) is 72.3 Å². The lowest BCUT2D eigenvalue weighted by Crippen LogP contribution is -2.26. The average molecular weight is 430 g/mol. The van der Waals surface area contributed by atoms with Gasteiger partial charge in [0, 0.05) is 16.1 Å². The van der Waals surface area contributed by atoms with Crippen molar-refractivity contribution in [3.8, 4) is 5.69 Å². The number of halogens is 1. The fourth-order valence-electron chi connectivity index (χ4n) is 3.78. The van der Waals surface area contributed by atoms with Gasteiger partial charge in [-0.25, -0.2) is 5.01 Å². The van der Waals surface area contributed by atoms with E-state index in [0.29, 0.717) is 11.0 Å². The Labute approximate surface area is 185 Å². The van der Waals surface area contributed by atoms with Gasteiger partial charge in [0.2, 0.25) is 0 Å². The second-order valence-corrected chi connectivity index (χ2v) is 7.80. The van der Waals surface area contributed by atoms with Crippen LogP contribution in [0.2, 0.25) is 5.02 Å². The molecule has 154 valence electrons. The summed E-state index contributed by atoms with van der Waals surface area (Å²) in [6, 6.07) is 25.2. The molecule has 4 aromatic rings. The zero-order chi connectivity index (χ0) is 21.4. The number of aliphatic hydroxyl groups is 1. The highest BCUT2D eigenvalue weighted by molar-refractivity contribution is 6.30. The first-order valence-electron chi connectivity index (χ1n) is 9.98. The van der Waals surface area contributed by atoms with E-state index in [0.717, 1.165) is 33.9 Å². The Hall–Kier alpha value is -3.48. The number of hydrogen-bond donors (Lipinski definition) is 1. The van der Waals surface area contributed by atoms with E-state index < -0.39 is 6.10 Å². The Morgan fingerprint density at radius 2 is 1.61 bits per heavy atom. The number of benzene rings is 3. The highest BCUT2D eigenvalue weighted by Crippen LogP contribution is 2.31. The number of nitrogens with zero attached hydrogens (tertiary/aromatic N) is 5. The van der Waals surface area contributed by atoms with Gasteiger partial charge in [0.15, 0.2) is 0 Å². The van der Waals surface area contributed by atoms with Crippen LogP contribution in [0.4, 0.5) is 5.95 Å². The molecule has 1 unspecified atom stereocenters. The van der Waals surface area contributed by atoms with Crippen LogP contribution in [0.25, 0.3) is 5.69 Å². The molecule has 0 bridgehead atoms. The van der Waals surface area contributed by atoms with E-state index in [1.165, 1.54) is 0 Å². The molecular weight excluding hydrogens is 410 g/mol. The van der Waals surface area contributed by atoms with Crippen LogP contribution in [0.5, 0.6) is 0 Å². The number of β-amino-alcohol motifs (C(OH)–C–C–N with tert-alkyl or cyclic N) is 1. The molecule has 0 aliphatic carbocycles. The Bertz CT molecular complexity index is 1250. The molecule has 31 heavy (non-hydrogen) atoms.